The third kappa shape index (κ3) is 5.60. The molecule has 0 spiro atoms. The van der Waals surface area contributed by atoms with Gasteiger partial charge in [0.15, 0.2) is 0 Å². The van der Waals surface area contributed by atoms with Crippen molar-refractivity contribution in [3.63, 3.8) is 0 Å². The van der Waals surface area contributed by atoms with E-state index in [0.29, 0.717) is 24.1 Å². The lowest BCUT2D eigenvalue weighted by Gasteiger charge is -2.23. The molecule has 0 aliphatic rings. The number of hydrogen-bond acceptors (Lipinski definition) is 3. The SMILES string of the molecule is CCc1c(C(=O)NC(Cc2ccccc2)C(=O)Nc2ccccc2)cnn1C(C)(C)C. The van der Waals surface area contributed by atoms with Crippen LogP contribution >= 0.6 is 0 Å². The molecule has 0 saturated carbocycles. The molecule has 2 aromatic carbocycles. The number of para-hydroxylation sites is 1. The first-order chi connectivity index (χ1) is 14.8. The maximum atomic E-state index is 13.2. The van der Waals surface area contributed by atoms with Gasteiger partial charge < -0.3 is 10.6 Å². The Morgan fingerprint density at radius 1 is 1.00 bits per heavy atom. The lowest BCUT2D eigenvalue weighted by atomic mass is 10.0. The van der Waals surface area contributed by atoms with Crippen molar-refractivity contribution in [3.05, 3.63) is 83.7 Å². The van der Waals surface area contributed by atoms with Gasteiger partial charge in [-0.3, -0.25) is 14.3 Å². The largest absolute Gasteiger partial charge is 0.340 e. The third-order valence-corrected chi connectivity index (χ3v) is 5.03. The number of rotatable bonds is 7. The molecule has 1 atom stereocenters. The molecule has 3 aromatic rings. The van der Waals surface area contributed by atoms with Crippen molar-refractivity contribution >= 4 is 17.5 Å². The Bertz CT molecular complexity index is 1020. The number of amides is 2. The van der Waals surface area contributed by atoms with E-state index in [0.717, 1.165) is 11.3 Å². The molecule has 0 radical (unpaired) electrons. The average molecular weight is 419 g/mol. The lowest BCUT2D eigenvalue weighted by molar-refractivity contribution is -0.118. The highest BCUT2D eigenvalue weighted by molar-refractivity contribution is 6.01. The van der Waals surface area contributed by atoms with Crippen LogP contribution in [0.2, 0.25) is 0 Å². The summed E-state index contributed by atoms with van der Waals surface area (Å²) < 4.78 is 1.87. The first kappa shape index (κ1) is 22.3. The molecule has 1 aromatic heterocycles. The molecule has 0 aliphatic carbocycles. The molecule has 6 heteroatoms. The van der Waals surface area contributed by atoms with Crippen molar-refractivity contribution in [1.29, 1.82) is 0 Å². The first-order valence-corrected chi connectivity index (χ1v) is 10.6. The van der Waals surface area contributed by atoms with Crippen molar-refractivity contribution in [2.45, 2.75) is 52.1 Å². The van der Waals surface area contributed by atoms with E-state index < -0.39 is 6.04 Å². The minimum Gasteiger partial charge on any atom is -0.340 e. The molecule has 0 fully saturated rings. The molecule has 162 valence electrons. The molecule has 2 amide bonds. The second-order valence-corrected chi connectivity index (χ2v) is 8.51. The number of aromatic nitrogens is 2. The number of carbonyl (C=O) groups excluding carboxylic acids is 2. The van der Waals surface area contributed by atoms with E-state index in [-0.39, 0.29) is 17.4 Å². The van der Waals surface area contributed by atoms with Crippen LogP contribution in [0.3, 0.4) is 0 Å². The third-order valence-electron chi connectivity index (χ3n) is 5.03. The summed E-state index contributed by atoms with van der Waals surface area (Å²) in [6, 6.07) is 18.2. The highest BCUT2D eigenvalue weighted by Gasteiger charge is 2.27. The minimum absolute atomic E-state index is 0.238. The van der Waals surface area contributed by atoms with Gasteiger partial charge in [0.25, 0.3) is 5.91 Å². The number of nitrogens with one attached hydrogen (secondary N) is 2. The molecule has 0 saturated heterocycles. The van der Waals surface area contributed by atoms with Crippen LogP contribution in [0.5, 0.6) is 0 Å². The Kier molecular flexibility index (Phi) is 6.90. The van der Waals surface area contributed by atoms with Crippen molar-refractivity contribution in [2.75, 3.05) is 5.32 Å². The molecule has 3 rings (SSSR count). The predicted molar refractivity (Wildman–Crippen MR) is 123 cm³/mol. The summed E-state index contributed by atoms with van der Waals surface area (Å²) in [6.07, 6.45) is 2.65. The van der Waals surface area contributed by atoms with Gasteiger partial charge in [-0.15, -0.1) is 0 Å². The zero-order valence-electron chi connectivity index (χ0n) is 18.6. The summed E-state index contributed by atoms with van der Waals surface area (Å²) in [6.45, 7) is 8.14. The van der Waals surface area contributed by atoms with Gasteiger partial charge in [0.1, 0.15) is 6.04 Å². The fourth-order valence-corrected chi connectivity index (χ4v) is 3.53. The second-order valence-electron chi connectivity index (χ2n) is 8.51. The zero-order chi connectivity index (χ0) is 22.4. The molecule has 1 heterocycles. The number of anilines is 1. The van der Waals surface area contributed by atoms with Gasteiger partial charge in [0.2, 0.25) is 5.91 Å². The van der Waals surface area contributed by atoms with E-state index in [4.69, 9.17) is 0 Å². The van der Waals surface area contributed by atoms with Crippen molar-refractivity contribution in [3.8, 4) is 0 Å². The van der Waals surface area contributed by atoms with Gasteiger partial charge in [-0.25, -0.2) is 0 Å². The van der Waals surface area contributed by atoms with Crippen molar-refractivity contribution < 1.29 is 9.59 Å². The summed E-state index contributed by atoms with van der Waals surface area (Å²) in [5.41, 5.74) is 2.78. The van der Waals surface area contributed by atoms with Gasteiger partial charge in [-0.2, -0.15) is 5.10 Å². The topological polar surface area (TPSA) is 76.0 Å². The van der Waals surface area contributed by atoms with Gasteiger partial charge in [-0.05, 0) is 44.9 Å². The van der Waals surface area contributed by atoms with E-state index in [2.05, 4.69) is 15.7 Å². The number of nitrogens with zero attached hydrogens (tertiary/aromatic N) is 2. The summed E-state index contributed by atoms with van der Waals surface area (Å²) in [5.74, 6) is -0.554. The average Bonchev–Trinajstić information content (AvgIpc) is 3.19. The maximum Gasteiger partial charge on any atom is 0.255 e. The van der Waals surface area contributed by atoms with Crippen LogP contribution in [0.4, 0.5) is 5.69 Å². The van der Waals surface area contributed by atoms with E-state index in [1.807, 2.05) is 93.0 Å². The molecule has 1 unspecified atom stereocenters. The van der Waals surface area contributed by atoms with E-state index in [1.165, 1.54) is 0 Å². The normalized spacial score (nSPS) is 12.3. The summed E-state index contributed by atoms with van der Waals surface area (Å²) >= 11 is 0. The van der Waals surface area contributed by atoms with E-state index in [9.17, 15) is 9.59 Å². The Labute approximate surface area is 183 Å². The van der Waals surface area contributed by atoms with Crippen LogP contribution < -0.4 is 10.6 Å². The van der Waals surface area contributed by atoms with Crippen molar-refractivity contribution in [1.82, 2.24) is 15.1 Å². The van der Waals surface area contributed by atoms with Crippen LogP contribution in [0, 0.1) is 0 Å². The molecular weight excluding hydrogens is 388 g/mol. The zero-order valence-corrected chi connectivity index (χ0v) is 18.6. The summed E-state index contributed by atoms with van der Waals surface area (Å²) in [7, 11) is 0. The molecular formula is C25H30N4O2. The van der Waals surface area contributed by atoms with Gasteiger partial charge in [0, 0.05) is 12.1 Å². The Balaban J connectivity index is 1.85. The van der Waals surface area contributed by atoms with Crippen LogP contribution in [0.15, 0.2) is 66.9 Å². The van der Waals surface area contributed by atoms with E-state index in [1.54, 1.807) is 6.20 Å². The van der Waals surface area contributed by atoms with Gasteiger partial charge in [-0.1, -0.05) is 55.5 Å². The van der Waals surface area contributed by atoms with Crippen LogP contribution in [-0.4, -0.2) is 27.6 Å². The molecule has 2 N–H and O–H groups in total. The van der Waals surface area contributed by atoms with Crippen LogP contribution in [0.25, 0.3) is 0 Å². The number of benzene rings is 2. The second kappa shape index (κ2) is 9.60. The van der Waals surface area contributed by atoms with Gasteiger partial charge in [0.05, 0.1) is 23.0 Å². The van der Waals surface area contributed by atoms with Crippen LogP contribution in [0.1, 0.15) is 49.3 Å². The highest BCUT2D eigenvalue weighted by atomic mass is 16.2. The van der Waals surface area contributed by atoms with E-state index >= 15 is 0 Å². The molecule has 31 heavy (non-hydrogen) atoms. The van der Waals surface area contributed by atoms with Gasteiger partial charge >= 0.3 is 0 Å². The number of hydrogen-bond donors (Lipinski definition) is 2. The summed E-state index contributed by atoms with van der Waals surface area (Å²) in [4.78, 5) is 26.2. The van der Waals surface area contributed by atoms with Crippen molar-refractivity contribution in [2.24, 2.45) is 0 Å². The Hall–Kier alpha value is -3.41. The lowest BCUT2D eigenvalue weighted by Crippen LogP contribution is -2.45. The Morgan fingerprint density at radius 2 is 1.61 bits per heavy atom. The minimum atomic E-state index is -0.724. The quantitative estimate of drug-likeness (QED) is 0.604. The molecule has 0 aliphatic heterocycles. The smallest absolute Gasteiger partial charge is 0.255 e. The highest BCUT2D eigenvalue weighted by Crippen LogP contribution is 2.20. The maximum absolute atomic E-state index is 13.2. The first-order valence-electron chi connectivity index (χ1n) is 10.6. The Morgan fingerprint density at radius 3 is 2.19 bits per heavy atom. The fraction of sp³-hybridized carbons (Fsp3) is 0.320. The summed E-state index contributed by atoms with van der Waals surface area (Å²) in [5, 5.41) is 10.3. The molecule has 0 bridgehead atoms. The standard InChI is InChI=1S/C25H30N4O2/c1-5-22-20(17-26-29(22)25(2,3)4)23(30)28-21(16-18-12-8-6-9-13-18)24(31)27-19-14-10-7-11-15-19/h6-15,17,21H,5,16H2,1-4H3,(H,27,31)(H,28,30). The fourth-order valence-electron chi connectivity index (χ4n) is 3.53. The monoisotopic (exact) mass is 418 g/mol. The molecule has 6 nitrogen and oxygen atoms in total. The number of carbonyl (C=O) groups is 2. The predicted octanol–water partition coefficient (Wildman–Crippen LogP) is 4.18. The van der Waals surface area contributed by atoms with Crippen LogP contribution in [-0.2, 0) is 23.2 Å².